The molecule has 2 aliphatic rings. The molecule has 0 aliphatic carbocycles. The second-order valence-corrected chi connectivity index (χ2v) is 7.66. The lowest BCUT2D eigenvalue weighted by Gasteiger charge is -2.36. The number of nitrogens with zero attached hydrogens (tertiary/aromatic N) is 1. The molecular formula is C20H29ClN2O7. The summed E-state index contributed by atoms with van der Waals surface area (Å²) in [5, 5.41) is 22.4. The number of methoxy groups -OCH3 is 1. The number of aliphatic hydroxyl groups excluding tert-OH is 2. The summed E-state index contributed by atoms with van der Waals surface area (Å²) in [5.74, 6) is 0.601. The van der Waals surface area contributed by atoms with Crippen molar-refractivity contribution in [1.29, 1.82) is 0 Å². The van der Waals surface area contributed by atoms with Crippen LogP contribution in [0.4, 0.5) is 0 Å². The summed E-state index contributed by atoms with van der Waals surface area (Å²) in [7, 11) is 1.48. The van der Waals surface area contributed by atoms with Crippen molar-refractivity contribution in [3.63, 3.8) is 0 Å². The highest BCUT2D eigenvalue weighted by molar-refractivity contribution is 6.33. The van der Waals surface area contributed by atoms with Crippen LogP contribution in [0, 0.1) is 5.92 Å². The molecule has 0 spiro atoms. The molecule has 2 aliphatic heterocycles. The third-order valence-corrected chi connectivity index (χ3v) is 5.57. The van der Waals surface area contributed by atoms with Gasteiger partial charge in [-0.1, -0.05) is 11.6 Å². The number of likely N-dealkylation sites (tertiary alicyclic amines) is 1. The van der Waals surface area contributed by atoms with Crippen molar-refractivity contribution in [2.24, 2.45) is 5.92 Å². The summed E-state index contributed by atoms with van der Waals surface area (Å²) in [6, 6.07) is 1.51. The Labute approximate surface area is 180 Å². The first-order chi connectivity index (χ1) is 14.5. The second kappa shape index (κ2) is 11.0. The van der Waals surface area contributed by atoms with Crippen LogP contribution in [0.3, 0.4) is 0 Å². The molecule has 3 rings (SSSR count). The SMILES string of the molecule is COc1c(Cl)cc(C(=O)NC[C@@H]2CCN(CCOCCO)CC2O)c2c1OCCO2. The molecule has 2 heterocycles. The molecule has 0 bridgehead atoms. The Hall–Kier alpha value is -1.78. The van der Waals surface area contributed by atoms with Gasteiger partial charge in [-0.2, -0.15) is 0 Å². The molecule has 2 atom stereocenters. The highest BCUT2D eigenvalue weighted by atomic mass is 35.5. The Morgan fingerprint density at radius 2 is 2.10 bits per heavy atom. The van der Waals surface area contributed by atoms with E-state index in [1.54, 1.807) is 0 Å². The lowest BCUT2D eigenvalue weighted by Crippen LogP contribution is -2.48. The predicted octanol–water partition coefficient (Wildman–Crippen LogP) is 0.541. The molecule has 0 saturated carbocycles. The van der Waals surface area contributed by atoms with Crippen LogP contribution in [0.2, 0.25) is 5.02 Å². The van der Waals surface area contributed by atoms with E-state index in [1.165, 1.54) is 13.2 Å². The van der Waals surface area contributed by atoms with Gasteiger partial charge in [0, 0.05) is 25.6 Å². The van der Waals surface area contributed by atoms with Crippen molar-refractivity contribution in [3.8, 4) is 17.2 Å². The summed E-state index contributed by atoms with van der Waals surface area (Å²) < 4.78 is 21.8. The average molecular weight is 445 g/mol. The smallest absolute Gasteiger partial charge is 0.255 e. The maximum absolute atomic E-state index is 12.8. The normalized spacial score (nSPS) is 21.3. The van der Waals surface area contributed by atoms with E-state index in [9.17, 15) is 9.90 Å². The van der Waals surface area contributed by atoms with Gasteiger partial charge in [0.1, 0.15) is 13.2 Å². The molecule has 1 aromatic carbocycles. The summed E-state index contributed by atoms with van der Waals surface area (Å²) in [6.07, 6.45) is 0.201. The average Bonchev–Trinajstić information content (AvgIpc) is 2.75. The lowest BCUT2D eigenvalue weighted by molar-refractivity contribution is 0.00567. The van der Waals surface area contributed by atoms with Gasteiger partial charge in [-0.05, 0) is 19.0 Å². The minimum absolute atomic E-state index is 0.00414. The van der Waals surface area contributed by atoms with Gasteiger partial charge in [0.25, 0.3) is 5.91 Å². The Morgan fingerprint density at radius 1 is 1.33 bits per heavy atom. The van der Waals surface area contributed by atoms with Crippen LogP contribution in [0.1, 0.15) is 16.8 Å². The van der Waals surface area contributed by atoms with E-state index in [1.807, 2.05) is 0 Å². The fourth-order valence-electron chi connectivity index (χ4n) is 3.68. The van der Waals surface area contributed by atoms with Crippen molar-refractivity contribution in [3.05, 3.63) is 16.7 Å². The zero-order chi connectivity index (χ0) is 21.5. The summed E-state index contributed by atoms with van der Waals surface area (Å²) in [6.45, 7) is 3.88. The third kappa shape index (κ3) is 5.47. The van der Waals surface area contributed by atoms with Crippen LogP contribution in [0.25, 0.3) is 0 Å². The Kier molecular flexibility index (Phi) is 8.41. The third-order valence-electron chi connectivity index (χ3n) is 5.29. The van der Waals surface area contributed by atoms with E-state index in [0.29, 0.717) is 63.3 Å². The number of amides is 1. The number of carbonyl (C=O) groups excluding carboxylic acids is 1. The number of ether oxygens (including phenoxy) is 4. The molecule has 3 N–H and O–H groups in total. The van der Waals surface area contributed by atoms with Crippen molar-refractivity contribution < 1.29 is 34.0 Å². The maximum Gasteiger partial charge on any atom is 0.255 e. The molecule has 30 heavy (non-hydrogen) atoms. The highest BCUT2D eigenvalue weighted by Crippen LogP contribution is 2.46. The second-order valence-electron chi connectivity index (χ2n) is 7.26. The number of hydrogen-bond donors (Lipinski definition) is 3. The molecule has 1 aromatic rings. The molecule has 0 aromatic heterocycles. The molecule has 9 nitrogen and oxygen atoms in total. The van der Waals surface area contributed by atoms with Crippen LogP contribution in [0.15, 0.2) is 6.07 Å². The summed E-state index contributed by atoms with van der Waals surface area (Å²) >= 11 is 6.25. The molecule has 168 valence electrons. The van der Waals surface area contributed by atoms with E-state index < -0.39 is 6.10 Å². The van der Waals surface area contributed by atoms with Crippen LogP contribution in [-0.4, -0.2) is 93.4 Å². The number of nitrogens with one attached hydrogen (secondary N) is 1. The van der Waals surface area contributed by atoms with Gasteiger partial charge in [0.05, 0.1) is 43.6 Å². The molecule has 1 saturated heterocycles. The van der Waals surface area contributed by atoms with Gasteiger partial charge in [-0.3, -0.25) is 9.69 Å². The molecule has 1 fully saturated rings. The molecule has 0 radical (unpaired) electrons. The Morgan fingerprint density at radius 3 is 2.80 bits per heavy atom. The molecule has 10 heteroatoms. The molecular weight excluding hydrogens is 416 g/mol. The Balaban J connectivity index is 1.56. The molecule has 1 unspecified atom stereocenters. The largest absolute Gasteiger partial charge is 0.491 e. The number of carbonyl (C=O) groups is 1. The Bertz CT molecular complexity index is 734. The first kappa shape index (κ1) is 22.9. The van der Waals surface area contributed by atoms with Crippen LogP contribution < -0.4 is 19.5 Å². The topological polar surface area (TPSA) is 110 Å². The number of β-amino-alcohol motifs (C(OH)–C–C–N with tert-alkyl or cyclic N) is 1. The number of fused-ring (bicyclic) bond motifs is 1. The summed E-state index contributed by atoms with van der Waals surface area (Å²) in [5.41, 5.74) is 0.281. The van der Waals surface area contributed by atoms with E-state index in [0.717, 1.165) is 13.0 Å². The van der Waals surface area contributed by atoms with Crippen LogP contribution in [-0.2, 0) is 4.74 Å². The van der Waals surface area contributed by atoms with Crippen LogP contribution >= 0.6 is 11.6 Å². The fraction of sp³-hybridized carbons (Fsp3) is 0.650. The number of rotatable bonds is 9. The van der Waals surface area contributed by atoms with Gasteiger partial charge in [-0.25, -0.2) is 0 Å². The fourth-order valence-corrected chi connectivity index (χ4v) is 3.95. The maximum atomic E-state index is 12.8. The van der Waals surface area contributed by atoms with Crippen molar-refractivity contribution >= 4 is 17.5 Å². The van der Waals surface area contributed by atoms with Gasteiger partial charge < -0.3 is 34.5 Å². The lowest BCUT2D eigenvalue weighted by atomic mass is 9.93. The van der Waals surface area contributed by atoms with Gasteiger partial charge >= 0.3 is 0 Å². The predicted molar refractivity (Wildman–Crippen MR) is 110 cm³/mol. The standard InChI is InChI=1S/C20H29ClN2O7/c1-27-18-15(21)10-14(17-19(18)30-9-8-29-17)20(26)22-11-13-2-3-23(12-16(13)25)4-6-28-7-5-24/h10,13,16,24-25H,2-9,11-12H2,1H3,(H,22,26)/t13-,16?/m0/s1. The zero-order valence-corrected chi connectivity index (χ0v) is 17.8. The zero-order valence-electron chi connectivity index (χ0n) is 17.1. The van der Waals surface area contributed by atoms with E-state index in [4.69, 9.17) is 35.7 Å². The quantitative estimate of drug-likeness (QED) is 0.473. The number of piperidine rings is 1. The first-order valence-corrected chi connectivity index (χ1v) is 10.5. The van der Waals surface area contributed by atoms with Gasteiger partial charge in [0.2, 0.25) is 5.75 Å². The van der Waals surface area contributed by atoms with E-state index in [2.05, 4.69) is 10.2 Å². The van der Waals surface area contributed by atoms with Crippen molar-refractivity contribution in [2.45, 2.75) is 12.5 Å². The van der Waals surface area contributed by atoms with Gasteiger partial charge in [-0.15, -0.1) is 0 Å². The number of hydrogen-bond acceptors (Lipinski definition) is 8. The highest BCUT2D eigenvalue weighted by Gasteiger charge is 2.30. The van der Waals surface area contributed by atoms with Crippen LogP contribution in [0.5, 0.6) is 17.2 Å². The monoisotopic (exact) mass is 444 g/mol. The van der Waals surface area contributed by atoms with E-state index >= 15 is 0 Å². The summed E-state index contributed by atoms with van der Waals surface area (Å²) in [4.78, 5) is 14.9. The molecule has 1 amide bonds. The van der Waals surface area contributed by atoms with E-state index in [-0.39, 0.29) is 29.0 Å². The number of aliphatic hydroxyl groups is 2. The van der Waals surface area contributed by atoms with Crippen molar-refractivity contribution in [2.75, 3.05) is 66.3 Å². The first-order valence-electron chi connectivity index (χ1n) is 10.1. The number of halogens is 1. The van der Waals surface area contributed by atoms with Gasteiger partial charge in [0.15, 0.2) is 11.5 Å². The number of benzene rings is 1. The minimum atomic E-state index is -0.551. The van der Waals surface area contributed by atoms with Crippen molar-refractivity contribution in [1.82, 2.24) is 10.2 Å². The minimum Gasteiger partial charge on any atom is -0.491 e.